The van der Waals surface area contributed by atoms with Gasteiger partial charge in [0, 0.05) is 45.5 Å². The van der Waals surface area contributed by atoms with Crippen LogP contribution in [0, 0.1) is 11.7 Å². The lowest BCUT2D eigenvalue weighted by molar-refractivity contribution is -0.138. The number of likely N-dealkylation sites (tertiary alicyclic amines) is 1. The van der Waals surface area contributed by atoms with Crippen molar-refractivity contribution in [3.63, 3.8) is 0 Å². The van der Waals surface area contributed by atoms with Gasteiger partial charge in [-0.05, 0) is 24.8 Å². The van der Waals surface area contributed by atoms with Crippen molar-refractivity contribution >= 4 is 0 Å². The highest BCUT2D eigenvalue weighted by Crippen LogP contribution is 2.42. The predicted octanol–water partition coefficient (Wildman–Crippen LogP) is 2.45. The van der Waals surface area contributed by atoms with Crippen molar-refractivity contribution in [1.29, 1.82) is 0 Å². The topological polar surface area (TPSA) is 21.7 Å². The van der Waals surface area contributed by atoms with Crippen LogP contribution in [0.4, 0.5) is 4.39 Å². The highest BCUT2D eigenvalue weighted by Gasteiger charge is 2.52. The molecule has 2 aliphatic rings. The summed E-state index contributed by atoms with van der Waals surface area (Å²) in [5, 5.41) is 0. The lowest BCUT2D eigenvalue weighted by Gasteiger charge is -2.50. The van der Waals surface area contributed by atoms with E-state index in [4.69, 9.17) is 9.47 Å². The van der Waals surface area contributed by atoms with Crippen LogP contribution in [0.25, 0.3) is 0 Å². The van der Waals surface area contributed by atoms with Gasteiger partial charge in [-0.3, -0.25) is 4.90 Å². The molecule has 3 rings (SSSR count). The van der Waals surface area contributed by atoms with Crippen LogP contribution < -0.4 is 0 Å². The molecule has 1 atom stereocenters. The predicted molar refractivity (Wildman–Crippen MR) is 75.0 cm³/mol. The molecule has 0 saturated carbocycles. The molecule has 1 aromatic rings. The van der Waals surface area contributed by atoms with Crippen LogP contribution in [0.3, 0.4) is 0 Å². The van der Waals surface area contributed by atoms with Gasteiger partial charge < -0.3 is 9.47 Å². The molecule has 0 unspecified atom stereocenters. The van der Waals surface area contributed by atoms with Gasteiger partial charge in [0.25, 0.3) is 0 Å². The average molecular weight is 279 g/mol. The fourth-order valence-corrected chi connectivity index (χ4v) is 3.49. The third kappa shape index (κ3) is 2.60. The molecule has 1 aromatic carbocycles. The van der Waals surface area contributed by atoms with E-state index in [1.54, 1.807) is 13.2 Å². The van der Waals surface area contributed by atoms with E-state index in [9.17, 15) is 4.39 Å². The van der Waals surface area contributed by atoms with Gasteiger partial charge in [0.2, 0.25) is 0 Å². The molecule has 0 radical (unpaired) electrons. The van der Waals surface area contributed by atoms with Gasteiger partial charge in [-0.1, -0.05) is 18.2 Å². The molecule has 1 spiro atoms. The Bertz CT molecular complexity index is 460. The van der Waals surface area contributed by atoms with E-state index in [1.165, 1.54) is 6.07 Å². The maximum Gasteiger partial charge on any atom is 0.127 e. The number of ether oxygens (including phenoxy) is 2. The van der Waals surface area contributed by atoms with Gasteiger partial charge in [0.15, 0.2) is 0 Å². The van der Waals surface area contributed by atoms with Gasteiger partial charge >= 0.3 is 0 Å². The lowest BCUT2D eigenvalue weighted by Crippen LogP contribution is -2.64. The third-order valence-electron chi connectivity index (χ3n) is 4.60. The van der Waals surface area contributed by atoms with Crippen molar-refractivity contribution in [3.8, 4) is 0 Å². The van der Waals surface area contributed by atoms with Crippen LogP contribution in [0.15, 0.2) is 24.3 Å². The number of rotatable bonds is 5. The quantitative estimate of drug-likeness (QED) is 0.826. The maximum absolute atomic E-state index is 13.6. The van der Waals surface area contributed by atoms with Gasteiger partial charge in [-0.2, -0.15) is 0 Å². The van der Waals surface area contributed by atoms with Crippen LogP contribution in [-0.2, 0) is 16.0 Å². The Kier molecular flexibility index (Phi) is 4.06. The first kappa shape index (κ1) is 14.0. The molecular formula is C16H22FNO2. The molecule has 0 aliphatic carbocycles. The minimum absolute atomic E-state index is 0.00376. The Morgan fingerprint density at radius 1 is 1.40 bits per heavy atom. The first-order chi connectivity index (χ1) is 9.73. The van der Waals surface area contributed by atoms with Crippen LogP contribution in [0.1, 0.15) is 18.4 Å². The van der Waals surface area contributed by atoms with Crippen molar-refractivity contribution in [1.82, 2.24) is 4.90 Å². The normalized spacial score (nSPS) is 25.0. The Hall–Kier alpha value is -0.970. The molecule has 20 heavy (non-hydrogen) atoms. The molecule has 110 valence electrons. The fraction of sp³-hybridized carbons (Fsp3) is 0.625. The Balaban J connectivity index is 1.56. The van der Waals surface area contributed by atoms with Gasteiger partial charge in [0.1, 0.15) is 5.82 Å². The highest BCUT2D eigenvalue weighted by molar-refractivity contribution is 5.18. The summed E-state index contributed by atoms with van der Waals surface area (Å²) in [4.78, 5) is 2.27. The summed E-state index contributed by atoms with van der Waals surface area (Å²) in [5.74, 6) is 0.469. The Labute approximate surface area is 119 Å². The average Bonchev–Trinajstić information content (AvgIpc) is 2.82. The molecule has 2 aliphatic heterocycles. The summed E-state index contributed by atoms with van der Waals surface area (Å²) in [5.41, 5.74) is 0.776. The summed E-state index contributed by atoms with van der Waals surface area (Å²) in [7, 11) is 1.74. The zero-order valence-electron chi connectivity index (χ0n) is 12.0. The second kappa shape index (κ2) is 5.80. The van der Waals surface area contributed by atoms with E-state index in [0.717, 1.165) is 44.7 Å². The number of nitrogens with zero attached hydrogens (tertiary/aromatic N) is 1. The molecule has 2 fully saturated rings. The number of hydrogen-bond donors (Lipinski definition) is 0. The summed E-state index contributed by atoms with van der Waals surface area (Å²) < 4.78 is 24.8. The maximum atomic E-state index is 13.6. The Morgan fingerprint density at radius 2 is 2.20 bits per heavy atom. The van der Waals surface area contributed by atoms with Crippen LogP contribution in [-0.4, -0.2) is 43.9 Å². The number of benzene rings is 1. The summed E-state index contributed by atoms with van der Waals surface area (Å²) in [6.45, 7) is 4.14. The van der Waals surface area contributed by atoms with E-state index in [1.807, 2.05) is 12.1 Å². The van der Waals surface area contributed by atoms with Gasteiger partial charge in [-0.25, -0.2) is 4.39 Å². The van der Waals surface area contributed by atoms with Crippen LogP contribution in [0.2, 0.25) is 0 Å². The zero-order chi connectivity index (χ0) is 14.0. The van der Waals surface area contributed by atoms with Crippen molar-refractivity contribution in [2.24, 2.45) is 5.92 Å². The molecule has 4 heteroatoms. The molecule has 2 saturated heterocycles. The van der Waals surface area contributed by atoms with E-state index in [2.05, 4.69) is 4.90 Å². The number of methoxy groups -OCH3 is 1. The minimum Gasteiger partial charge on any atom is -0.385 e. The second-order valence-electron chi connectivity index (χ2n) is 5.92. The number of halogens is 1. The fourth-order valence-electron chi connectivity index (χ4n) is 3.49. The van der Waals surface area contributed by atoms with Crippen LogP contribution in [0.5, 0.6) is 0 Å². The highest BCUT2D eigenvalue weighted by atomic mass is 19.1. The summed E-state index contributed by atoms with van der Waals surface area (Å²) in [6.07, 6.45) is 2.18. The van der Waals surface area contributed by atoms with E-state index in [0.29, 0.717) is 12.5 Å². The smallest absolute Gasteiger partial charge is 0.127 e. The lowest BCUT2D eigenvalue weighted by atomic mass is 9.79. The van der Waals surface area contributed by atoms with Gasteiger partial charge in [0.05, 0.1) is 5.60 Å². The minimum atomic E-state index is -0.114. The summed E-state index contributed by atoms with van der Waals surface area (Å²) in [6, 6.07) is 7.01. The third-order valence-corrected chi connectivity index (χ3v) is 4.60. The SMILES string of the molecule is COCC[C@H]1CCOC12CN(Cc1ccccc1F)C2. The monoisotopic (exact) mass is 279 g/mol. The standard InChI is InChI=1S/C16H22FNO2/c1-19-8-6-14-7-9-20-16(14)11-18(12-16)10-13-4-2-3-5-15(13)17/h2-5,14H,6-12H2,1H3/t14-/m0/s1. The number of hydrogen-bond acceptors (Lipinski definition) is 3. The van der Waals surface area contributed by atoms with Crippen molar-refractivity contribution in [3.05, 3.63) is 35.6 Å². The first-order valence-electron chi connectivity index (χ1n) is 7.32. The molecule has 0 amide bonds. The van der Waals surface area contributed by atoms with Gasteiger partial charge in [-0.15, -0.1) is 0 Å². The first-order valence-corrected chi connectivity index (χ1v) is 7.32. The van der Waals surface area contributed by atoms with Crippen molar-refractivity contribution < 1.29 is 13.9 Å². The largest absolute Gasteiger partial charge is 0.385 e. The molecule has 3 nitrogen and oxygen atoms in total. The van der Waals surface area contributed by atoms with E-state index < -0.39 is 0 Å². The molecule has 0 aromatic heterocycles. The van der Waals surface area contributed by atoms with E-state index >= 15 is 0 Å². The molecule has 0 N–H and O–H groups in total. The Morgan fingerprint density at radius 3 is 2.95 bits per heavy atom. The molecular weight excluding hydrogens is 257 g/mol. The van der Waals surface area contributed by atoms with E-state index in [-0.39, 0.29) is 11.4 Å². The second-order valence-corrected chi connectivity index (χ2v) is 5.92. The zero-order valence-corrected chi connectivity index (χ0v) is 12.0. The van der Waals surface area contributed by atoms with Crippen molar-refractivity contribution in [2.45, 2.75) is 25.0 Å². The molecule has 2 heterocycles. The van der Waals surface area contributed by atoms with Crippen molar-refractivity contribution in [2.75, 3.05) is 33.4 Å². The summed E-state index contributed by atoms with van der Waals surface area (Å²) >= 11 is 0. The molecule has 0 bridgehead atoms. The van der Waals surface area contributed by atoms with Crippen LogP contribution >= 0.6 is 0 Å².